The van der Waals surface area contributed by atoms with E-state index in [0.717, 1.165) is 32.9 Å². The molecule has 0 aliphatic carbocycles. The van der Waals surface area contributed by atoms with Gasteiger partial charge in [-0.1, -0.05) is 101 Å². The van der Waals surface area contributed by atoms with Crippen LogP contribution in [0.4, 0.5) is 28.4 Å². The van der Waals surface area contributed by atoms with Gasteiger partial charge < -0.3 is 20.4 Å². The Morgan fingerprint density at radius 3 is 1.20 bits per heavy atom. The molecule has 6 aromatic carbocycles. The predicted molar refractivity (Wildman–Crippen MR) is 175 cm³/mol. The highest BCUT2D eigenvalue weighted by Crippen LogP contribution is 2.35. The second kappa shape index (κ2) is 15.6. The van der Waals surface area contributed by atoms with Crippen LogP contribution in [0, 0.1) is 0 Å². The Morgan fingerprint density at radius 1 is 0.415 bits per heavy atom. The SMILES string of the molecule is Oc1cccc(Br)c1.Oc1cccc(N(c2ccccc2)c2ccccc2)c1.c1ccc(Nc2ccccc2)cc1. The van der Waals surface area contributed by atoms with Gasteiger partial charge in [0, 0.05) is 39.0 Å². The van der Waals surface area contributed by atoms with Gasteiger partial charge in [0.05, 0.1) is 0 Å². The molecule has 0 atom stereocenters. The molecule has 4 nitrogen and oxygen atoms in total. The summed E-state index contributed by atoms with van der Waals surface area (Å²) < 4.78 is 0.900. The Balaban J connectivity index is 0.000000158. The summed E-state index contributed by atoms with van der Waals surface area (Å²) in [7, 11) is 0. The van der Waals surface area contributed by atoms with Crippen molar-refractivity contribution in [2.45, 2.75) is 0 Å². The lowest BCUT2D eigenvalue weighted by atomic mass is 10.2. The molecule has 0 radical (unpaired) electrons. The zero-order chi connectivity index (χ0) is 28.7. The fraction of sp³-hybridized carbons (Fsp3) is 0. The molecule has 3 N–H and O–H groups in total. The van der Waals surface area contributed by atoms with Crippen molar-refractivity contribution in [3.63, 3.8) is 0 Å². The lowest BCUT2D eigenvalue weighted by molar-refractivity contribution is 0.474. The van der Waals surface area contributed by atoms with Crippen molar-refractivity contribution >= 4 is 44.4 Å². The molecule has 204 valence electrons. The Bertz CT molecular complexity index is 1490. The molecule has 6 rings (SSSR count). The third kappa shape index (κ3) is 9.60. The normalized spacial score (nSPS) is 9.78. The molecule has 0 aliphatic rings. The second-order valence-electron chi connectivity index (χ2n) is 8.86. The maximum atomic E-state index is 9.73. The quantitative estimate of drug-likeness (QED) is 0.184. The first-order valence-electron chi connectivity index (χ1n) is 13.1. The fourth-order valence-electron chi connectivity index (χ4n) is 3.92. The minimum absolute atomic E-state index is 0.263. The van der Waals surface area contributed by atoms with Crippen LogP contribution < -0.4 is 10.2 Å². The third-order valence-electron chi connectivity index (χ3n) is 5.76. The van der Waals surface area contributed by atoms with Crippen LogP contribution in [0.1, 0.15) is 0 Å². The summed E-state index contributed by atoms with van der Waals surface area (Å²) in [6.07, 6.45) is 0. The average molecular weight is 604 g/mol. The van der Waals surface area contributed by atoms with Crippen molar-refractivity contribution < 1.29 is 10.2 Å². The predicted octanol–water partition coefficient (Wildman–Crippen LogP) is 10.4. The highest BCUT2D eigenvalue weighted by Gasteiger charge is 2.11. The standard InChI is InChI=1S/C18H15NO.C12H11N.C6H5BrO/c20-18-13-7-12-17(14-18)19(15-8-3-1-4-9-15)16-10-5-2-6-11-16;1-3-7-11(8-4-1)13-12-9-5-2-6-10-12;7-5-2-1-3-6(8)4-5/h1-14,20H;1-10,13H;1-4,8H. The molecular weight excluding hydrogens is 572 g/mol. The summed E-state index contributed by atoms with van der Waals surface area (Å²) in [4.78, 5) is 2.11. The van der Waals surface area contributed by atoms with Gasteiger partial charge in [-0.15, -0.1) is 0 Å². The first-order valence-corrected chi connectivity index (χ1v) is 13.9. The molecule has 0 saturated heterocycles. The number of hydrogen-bond donors (Lipinski definition) is 3. The number of nitrogens with zero attached hydrogens (tertiary/aromatic N) is 1. The van der Waals surface area contributed by atoms with Crippen molar-refractivity contribution in [3.05, 3.63) is 174 Å². The number of anilines is 5. The molecule has 0 saturated carbocycles. The monoisotopic (exact) mass is 602 g/mol. The molecule has 6 aromatic rings. The summed E-state index contributed by atoms with van der Waals surface area (Å²) in [6.45, 7) is 0. The Morgan fingerprint density at radius 2 is 0.805 bits per heavy atom. The number of hydrogen-bond acceptors (Lipinski definition) is 4. The summed E-state index contributed by atoms with van der Waals surface area (Å²) in [5, 5.41) is 21.8. The van der Waals surface area contributed by atoms with E-state index in [-0.39, 0.29) is 5.75 Å². The molecule has 0 aliphatic heterocycles. The number of benzene rings is 6. The van der Waals surface area contributed by atoms with Crippen LogP contribution in [0.25, 0.3) is 0 Å². The Labute approximate surface area is 249 Å². The number of phenolic OH excluding ortho intramolecular Hbond substituents is 2. The van der Waals surface area contributed by atoms with E-state index in [1.807, 2.05) is 115 Å². The highest BCUT2D eigenvalue weighted by atomic mass is 79.9. The third-order valence-corrected chi connectivity index (χ3v) is 6.25. The summed E-state index contributed by atoms with van der Waals surface area (Å²) in [5.41, 5.74) is 5.29. The molecular formula is C36H31BrN2O2. The van der Waals surface area contributed by atoms with Gasteiger partial charge in [-0.05, 0) is 78.9 Å². The van der Waals surface area contributed by atoms with Gasteiger partial charge in [-0.2, -0.15) is 0 Å². The Hall–Kier alpha value is -5.00. The van der Waals surface area contributed by atoms with Crippen LogP contribution in [0.3, 0.4) is 0 Å². The first kappa shape index (κ1) is 29.0. The molecule has 41 heavy (non-hydrogen) atoms. The molecule has 0 amide bonds. The second-order valence-corrected chi connectivity index (χ2v) is 9.78. The van der Waals surface area contributed by atoms with Crippen molar-refractivity contribution in [3.8, 4) is 11.5 Å². The average Bonchev–Trinajstić information content (AvgIpc) is 3.00. The number of nitrogens with one attached hydrogen (secondary N) is 1. The molecule has 0 heterocycles. The highest BCUT2D eigenvalue weighted by molar-refractivity contribution is 9.10. The molecule has 0 fully saturated rings. The first-order chi connectivity index (χ1) is 20.1. The van der Waals surface area contributed by atoms with Crippen LogP contribution in [-0.2, 0) is 0 Å². The van der Waals surface area contributed by atoms with E-state index < -0.39 is 0 Å². The summed E-state index contributed by atoms with van der Waals surface area (Å²) >= 11 is 3.20. The van der Waals surface area contributed by atoms with Crippen molar-refractivity contribution in [1.29, 1.82) is 0 Å². The zero-order valence-corrected chi connectivity index (χ0v) is 24.0. The number of phenols is 2. The number of para-hydroxylation sites is 4. The maximum absolute atomic E-state index is 9.73. The van der Waals surface area contributed by atoms with E-state index in [9.17, 15) is 5.11 Å². The summed E-state index contributed by atoms with van der Waals surface area (Å²) in [6, 6.07) is 54.7. The molecule has 0 unspecified atom stereocenters. The van der Waals surface area contributed by atoms with Gasteiger partial charge in [-0.3, -0.25) is 0 Å². The van der Waals surface area contributed by atoms with Crippen molar-refractivity contribution in [1.82, 2.24) is 0 Å². The van der Waals surface area contributed by atoms with Crippen molar-refractivity contribution in [2.24, 2.45) is 0 Å². The van der Waals surface area contributed by atoms with Gasteiger partial charge in [0.15, 0.2) is 0 Å². The number of aromatic hydroxyl groups is 2. The van der Waals surface area contributed by atoms with Gasteiger partial charge in [-0.25, -0.2) is 0 Å². The fourth-order valence-corrected chi connectivity index (χ4v) is 4.31. The van der Waals surface area contributed by atoms with Crippen LogP contribution in [-0.4, -0.2) is 10.2 Å². The van der Waals surface area contributed by atoms with Crippen LogP contribution in [0.5, 0.6) is 11.5 Å². The van der Waals surface area contributed by atoms with Gasteiger partial charge in [0.25, 0.3) is 0 Å². The lowest BCUT2D eigenvalue weighted by Gasteiger charge is -2.25. The van der Waals surface area contributed by atoms with Crippen LogP contribution in [0.15, 0.2) is 174 Å². The largest absolute Gasteiger partial charge is 0.508 e. The lowest BCUT2D eigenvalue weighted by Crippen LogP contribution is -2.09. The summed E-state index contributed by atoms with van der Waals surface area (Å²) in [5.74, 6) is 0.554. The van der Waals surface area contributed by atoms with Crippen LogP contribution >= 0.6 is 15.9 Å². The Kier molecular flexibility index (Phi) is 11.0. The number of rotatable bonds is 5. The minimum Gasteiger partial charge on any atom is -0.508 e. The zero-order valence-electron chi connectivity index (χ0n) is 22.4. The minimum atomic E-state index is 0.263. The molecule has 0 aromatic heterocycles. The van der Waals surface area contributed by atoms with Gasteiger partial charge >= 0.3 is 0 Å². The van der Waals surface area contributed by atoms with E-state index in [4.69, 9.17) is 5.11 Å². The molecule has 0 bridgehead atoms. The van der Waals surface area contributed by atoms with Crippen molar-refractivity contribution in [2.75, 3.05) is 10.2 Å². The van der Waals surface area contributed by atoms with Gasteiger partial charge in [0.1, 0.15) is 11.5 Å². The van der Waals surface area contributed by atoms with E-state index in [1.54, 1.807) is 30.3 Å². The maximum Gasteiger partial charge on any atom is 0.117 e. The number of halogens is 1. The van der Waals surface area contributed by atoms with Crippen LogP contribution in [0.2, 0.25) is 0 Å². The molecule has 5 heteroatoms. The van der Waals surface area contributed by atoms with Gasteiger partial charge in [0.2, 0.25) is 0 Å². The molecule has 0 spiro atoms. The topological polar surface area (TPSA) is 55.7 Å². The van der Waals surface area contributed by atoms with E-state index in [1.165, 1.54) is 0 Å². The van der Waals surface area contributed by atoms with E-state index >= 15 is 0 Å². The van der Waals surface area contributed by atoms with E-state index in [0.29, 0.717) is 5.75 Å². The smallest absolute Gasteiger partial charge is 0.117 e. The van der Waals surface area contributed by atoms with E-state index in [2.05, 4.69) is 50.4 Å².